The smallest absolute Gasteiger partial charge is 0.275 e. The highest BCUT2D eigenvalue weighted by atomic mass is 16.3. The first-order valence-corrected chi connectivity index (χ1v) is 9.23. The summed E-state index contributed by atoms with van der Waals surface area (Å²) in [4.78, 5) is 14.1. The number of carbonyl (C=O) groups is 1. The van der Waals surface area contributed by atoms with Crippen LogP contribution in [0, 0.1) is 0 Å². The highest BCUT2D eigenvalue weighted by Crippen LogP contribution is 2.16. The van der Waals surface area contributed by atoms with Crippen molar-refractivity contribution in [3.05, 3.63) is 89.8 Å². The van der Waals surface area contributed by atoms with Crippen molar-refractivity contribution in [1.82, 2.24) is 19.9 Å². The molecule has 0 aliphatic heterocycles. The summed E-state index contributed by atoms with van der Waals surface area (Å²) < 4.78 is 1.62. The number of benzene rings is 2. The van der Waals surface area contributed by atoms with E-state index in [9.17, 15) is 9.90 Å². The zero-order chi connectivity index (χ0) is 19.8. The molecule has 0 unspecified atom stereocenters. The molecule has 0 saturated carbocycles. The Morgan fingerprint density at radius 3 is 2.54 bits per heavy atom. The lowest BCUT2D eigenvalue weighted by molar-refractivity contribution is 0.0755. The van der Waals surface area contributed by atoms with Gasteiger partial charge in [0, 0.05) is 13.6 Å². The molecule has 0 aliphatic carbocycles. The van der Waals surface area contributed by atoms with Gasteiger partial charge in [-0.2, -0.15) is 0 Å². The van der Waals surface area contributed by atoms with Gasteiger partial charge in [-0.1, -0.05) is 78.0 Å². The van der Waals surface area contributed by atoms with Crippen molar-refractivity contribution in [1.29, 1.82) is 0 Å². The molecule has 0 fully saturated rings. The molecule has 1 aromatic heterocycles. The van der Waals surface area contributed by atoms with E-state index in [1.54, 1.807) is 22.8 Å². The van der Waals surface area contributed by atoms with Crippen molar-refractivity contribution in [3.8, 4) is 0 Å². The lowest BCUT2D eigenvalue weighted by Crippen LogP contribution is -2.29. The number of hydrogen-bond acceptors (Lipinski definition) is 4. The fourth-order valence-corrected chi connectivity index (χ4v) is 2.80. The maximum atomic E-state index is 12.5. The van der Waals surface area contributed by atoms with Gasteiger partial charge in [0.25, 0.3) is 5.91 Å². The number of aromatic nitrogens is 3. The van der Waals surface area contributed by atoms with E-state index in [1.165, 1.54) is 0 Å². The number of nitrogens with zero attached hydrogens (tertiary/aromatic N) is 4. The molecule has 2 aromatic carbocycles. The van der Waals surface area contributed by atoms with Crippen molar-refractivity contribution in [2.75, 3.05) is 13.6 Å². The maximum absolute atomic E-state index is 12.5. The van der Waals surface area contributed by atoms with Crippen molar-refractivity contribution < 1.29 is 9.90 Å². The molecule has 0 saturated heterocycles. The van der Waals surface area contributed by atoms with Crippen LogP contribution in [0.1, 0.15) is 34.1 Å². The molecule has 144 valence electrons. The van der Waals surface area contributed by atoms with Gasteiger partial charge in [0.05, 0.1) is 18.8 Å². The van der Waals surface area contributed by atoms with Crippen molar-refractivity contribution in [3.63, 3.8) is 0 Å². The predicted molar refractivity (Wildman–Crippen MR) is 108 cm³/mol. The predicted octanol–water partition coefficient (Wildman–Crippen LogP) is 3.19. The minimum absolute atomic E-state index is 0.210. The monoisotopic (exact) mass is 376 g/mol. The molecule has 0 bridgehead atoms. The van der Waals surface area contributed by atoms with Crippen molar-refractivity contribution in [2.45, 2.75) is 19.1 Å². The fraction of sp³-hybridized carbons (Fsp3) is 0.227. The first-order chi connectivity index (χ1) is 13.6. The second kappa shape index (κ2) is 9.62. The lowest BCUT2D eigenvalue weighted by Gasteiger charge is -2.18. The summed E-state index contributed by atoms with van der Waals surface area (Å²) in [5, 5.41) is 18.2. The first-order valence-electron chi connectivity index (χ1n) is 9.23. The molecular weight excluding hydrogens is 352 g/mol. The van der Waals surface area contributed by atoms with Gasteiger partial charge in [-0.05, 0) is 17.5 Å². The van der Waals surface area contributed by atoms with E-state index >= 15 is 0 Å². The Bertz CT molecular complexity index is 907. The van der Waals surface area contributed by atoms with Gasteiger partial charge in [0.2, 0.25) is 0 Å². The molecule has 1 atom stereocenters. The third-order valence-corrected chi connectivity index (χ3v) is 4.43. The number of aliphatic hydroxyl groups is 1. The maximum Gasteiger partial charge on any atom is 0.275 e. The molecule has 3 rings (SSSR count). The Kier molecular flexibility index (Phi) is 6.70. The molecule has 1 N–H and O–H groups in total. The summed E-state index contributed by atoms with van der Waals surface area (Å²) in [6.07, 6.45) is 5.47. The molecule has 1 heterocycles. The van der Waals surface area contributed by atoms with E-state index in [4.69, 9.17) is 0 Å². The third-order valence-electron chi connectivity index (χ3n) is 4.43. The second-order valence-electron chi connectivity index (χ2n) is 6.58. The molecule has 0 radical (unpaired) electrons. The first kappa shape index (κ1) is 19.5. The quantitative estimate of drug-likeness (QED) is 0.655. The van der Waals surface area contributed by atoms with Crippen LogP contribution < -0.4 is 0 Å². The summed E-state index contributed by atoms with van der Waals surface area (Å²) in [5.74, 6) is -0.210. The second-order valence-corrected chi connectivity index (χ2v) is 6.58. The fourth-order valence-electron chi connectivity index (χ4n) is 2.80. The third kappa shape index (κ3) is 5.37. The normalized spacial score (nSPS) is 12.2. The van der Waals surface area contributed by atoms with Crippen LogP contribution in [0.5, 0.6) is 0 Å². The number of rotatable bonds is 8. The van der Waals surface area contributed by atoms with Crippen LogP contribution in [0.4, 0.5) is 0 Å². The van der Waals surface area contributed by atoms with Gasteiger partial charge < -0.3 is 10.0 Å². The van der Waals surface area contributed by atoms with Gasteiger partial charge in [0.1, 0.15) is 0 Å². The van der Waals surface area contributed by atoms with Gasteiger partial charge in [-0.15, -0.1) is 5.10 Å². The van der Waals surface area contributed by atoms with Crippen molar-refractivity contribution in [2.24, 2.45) is 0 Å². The minimum Gasteiger partial charge on any atom is -0.388 e. The summed E-state index contributed by atoms with van der Waals surface area (Å²) in [7, 11) is 1.70. The van der Waals surface area contributed by atoms with Crippen LogP contribution in [0.25, 0.3) is 6.08 Å². The van der Waals surface area contributed by atoms with Gasteiger partial charge >= 0.3 is 0 Å². The Morgan fingerprint density at radius 1 is 1.14 bits per heavy atom. The number of allylic oxidation sites excluding steroid dienone is 1. The standard InChI is InChI=1S/C22H24N4O2/c1-25(16-14-21(27)19-12-6-3-7-13-19)22(28)20-17-26(24-23-20)15-8-11-18-9-4-2-5-10-18/h2-13,17,21,27H,14-16H2,1H3/b11-8+/t21-/m1/s1. The molecule has 28 heavy (non-hydrogen) atoms. The van der Waals surface area contributed by atoms with E-state index < -0.39 is 6.10 Å². The van der Waals surface area contributed by atoms with E-state index in [1.807, 2.05) is 72.8 Å². The van der Waals surface area contributed by atoms with Crippen LogP contribution in [-0.4, -0.2) is 44.5 Å². The Hall–Kier alpha value is -3.25. The minimum atomic E-state index is -0.602. The number of carbonyl (C=O) groups excluding carboxylic acids is 1. The van der Waals surface area contributed by atoms with Crippen LogP contribution in [0.2, 0.25) is 0 Å². The van der Waals surface area contributed by atoms with Crippen LogP contribution in [0.3, 0.4) is 0 Å². The molecule has 0 spiro atoms. The topological polar surface area (TPSA) is 71.2 Å². The van der Waals surface area contributed by atoms with Gasteiger partial charge in [-0.25, -0.2) is 4.68 Å². The van der Waals surface area contributed by atoms with E-state index in [0.717, 1.165) is 11.1 Å². The molecule has 3 aromatic rings. The van der Waals surface area contributed by atoms with E-state index in [-0.39, 0.29) is 5.91 Å². The molecular formula is C22H24N4O2. The molecule has 6 heteroatoms. The van der Waals surface area contributed by atoms with E-state index in [0.29, 0.717) is 25.2 Å². The van der Waals surface area contributed by atoms with Crippen molar-refractivity contribution >= 4 is 12.0 Å². The Morgan fingerprint density at radius 2 is 1.82 bits per heavy atom. The average Bonchev–Trinajstić information content (AvgIpc) is 3.21. The summed E-state index contributed by atoms with van der Waals surface area (Å²) in [5.41, 5.74) is 2.25. The Labute approximate surface area is 164 Å². The van der Waals surface area contributed by atoms with E-state index in [2.05, 4.69) is 10.3 Å². The van der Waals surface area contributed by atoms with Crippen LogP contribution >= 0.6 is 0 Å². The Balaban J connectivity index is 1.51. The molecule has 1 amide bonds. The van der Waals surface area contributed by atoms with Crippen LogP contribution in [-0.2, 0) is 6.54 Å². The van der Waals surface area contributed by atoms with Crippen LogP contribution in [0.15, 0.2) is 72.9 Å². The zero-order valence-corrected chi connectivity index (χ0v) is 15.8. The average molecular weight is 376 g/mol. The molecule has 6 nitrogen and oxygen atoms in total. The van der Waals surface area contributed by atoms with Gasteiger partial charge in [0.15, 0.2) is 5.69 Å². The zero-order valence-electron chi connectivity index (χ0n) is 15.8. The summed E-state index contributed by atoms with van der Waals surface area (Å²) in [6.45, 7) is 0.960. The number of hydrogen-bond donors (Lipinski definition) is 1. The molecule has 0 aliphatic rings. The number of aliphatic hydroxyl groups excluding tert-OH is 1. The highest BCUT2D eigenvalue weighted by Gasteiger charge is 2.17. The summed E-state index contributed by atoms with van der Waals surface area (Å²) >= 11 is 0. The summed E-state index contributed by atoms with van der Waals surface area (Å²) in [6, 6.07) is 19.4. The highest BCUT2D eigenvalue weighted by molar-refractivity contribution is 5.91. The largest absolute Gasteiger partial charge is 0.388 e. The lowest BCUT2D eigenvalue weighted by atomic mass is 10.1. The van der Waals surface area contributed by atoms with Gasteiger partial charge in [-0.3, -0.25) is 4.79 Å². The number of amides is 1. The SMILES string of the molecule is CN(CC[C@@H](O)c1ccccc1)C(=O)c1cn(C/C=C/c2ccccc2)nn1.